The molecular weight excluding hydrogens is 206 g/mol. The fraction of sp³-hybridized carbons (Fsp3) is 0.250. The third kappa shape index (κ3) is 2.40. The molecule has 0 aromatic heterocycles. The third-order valence-corrected chi connectivity index (χ3v) is 3.31. The summed E-state index contributed by atoms with van der Waals surface area (Å²) in [5.41, 5.74) is 3.87. The van der Waals surface area contributed by atoms with Gasteiger partial charge in [0.25, 0.3) is 0 Å². The molecule has 2 aromatic rings. The Hall–Kier alpha value is -1.60. The molecule has 0 spiro atoms. The van der Waals surface area contributed by atoms with Crippen LogP contribution >= 0.6 is 0 Å². The van der Waals surface area contributed by atoms with Crippen molar-refractivity contribution in [1.29, 1.82) is 0 Å². The normalized spacial score (nSPS) is 11.5. The standard InChI is InChI=1S/C16H19N/c1-16(2,17-3)15-12-8-7-11-14(15)13-9-5-4-6-10-13/h4-12,17H,1-3H3. The number of nitrogens with one attached hydrogen (secondary N) is 1. The van der Waals surface area contributed by atoms with Crippen LogP contribution in [0.1, 0.15) is 19.4 Å². The van der Waals surface area contributed by atoms with Crippen molar-refractivity contribution in [2.45, 2.75) is 19.4 Å². The van der Waals surface area contributed by atoms with Crippen molar-refractivity contribution in [3.8, 4) is 11.1 Å². The highest BCUT2D eigenvalue weighted by molar-refractivity contribution is 5.68. The van der Waals surface area contributed by atoms with Crippen LogP contribution in [0.15, 0.2) is 54.6 Å². The summed E-state index contributed by atoms with van der Waals surface area (Å²) in [6, 6.07) is 19.1. The molecule has 1 heteroatoms. The maximum absolute atomic E-state index is 3.37. The molecule has 2 aromatic carbocycles. The van der Waals surface area contributed by atoms with Crippen molar-refractivity contribution < 1.29 is 0 Å². The highest BCUT2D eigenvalue weighted by Crippen LogP contribution is 2.30. The zero-order chi connectivity index (χ0) is 12.3. The summed E-state index contributed by atoms with van der Waals surface area (Å²) in [6.07, 6.45) is 0. The van der Waals surface area contributed by atoms with Crippen LogP contribution in [0.5, 0.6) is 0 Å². The van der Waals surface area contributed by atoms with Crippen LogP contribution < -0.4 is 5.32 Å². The molecule has 0 aliphatic rings. The second-order valence-corrected chi connectivity index (χ2v) is 4.79. The van der Waals surface area contributed by atoms with E-state index in [0.717, 1.165) is 0 Å². The molecule has 0 bridgehead atoms. The molecule has 88 valence electrons. The van der Waals surface area contributed by atoms with Gasteiger partial charge in [0.1, 0.15) is 0 Å². The van der Waals surface area contributed by atoms with Crippen LogP contribution in [-0.4, -0.2) is 7.05 Å². The Kier molecular flexibility index (Phi) is 3.30. The lowest BCUT2D eigenvalue weighted by atomic mass is 9.87. The van der Waals surface area contributed by atoms with E-state index in [-0.39, 0.29) is 5.54 Å². The van der Waals surface area contributed by atoms with Gasteiger partial charge in [-0.1, -0.05) is 54.6 Å². The first-order valence-corrected chi connectivity index (χ1v) is 5.99. The van der Waals surface area contributed by atoms with Crippen molar-refractivity contribution in [2.75, 3.05) is 7.05 Å². The quantitative estimate of drug-likeness (QED) is 0.837. The van der Waals surface area contributed by atoms with Gasteiger partial charge in [-0.3, -0.25) is 0 Å². The monoisotopic (exact) mass is 225 g/mol. The van der Waals surface area contributed by atoms with Gasteiger partial charge < -0.3 is 5.32 Å². The Balaban J connectivity index is 2.56. The largest absolute Gasteiger partial charge is 0.311 e. The molecule has 0 unspecified atom stereocenters. The topological polar surface area (TPSA) is 12.0 Å². The van der Waals surface area contributed by atoms with Crippen LogP contribution in [0.2, 0.25) is 0 Å². The van der Waals surface area contributed by atoms with E-state index in [1.807, 2.05) is 7.05 Å². The van der Waals surface area contributed by atoms with E-state index >= 15 is 0 Å². The minimum Gasteiger partial charge on any atom is -0.311 e. The molecular formula is C16H19N. The van der Waals surface area contributed by atoms with E-state index in [1.54, 1.807) is 0 Å². The van der Waals surface area contributed by atoms with E-state index in [9.17, 15) is 0 Å². The summed E-state index contributed by atoms with van der Waals surface area (Å²) in [7, 11) is 2.00. The first-order valence-electron chi connectivity index (χ1n) is 5.99. The molecule has 0 atom stereocenters. The molecule has 0 fully saturated rings. The Bertz CT molecular complexity index is 486. The van der Waals surface area contributed by atoms with E-state index in [4.69, 9.17) is 0 Å². The first-order chi connectivity index (χ1) is 8.15. The molecule has 0 aliphatic carbocycles. The summed E-state index contributed by atoms with van der Waals surface area (Å²) in [5, 5.41) is 3.37. The maximum Gasteiger partial charge on any atom is 0.0381 e. The number of hydrogen-bond donors (Lipinski definition) is 1. The van der Waals surface area contributed by atoms with Crippen LogP contribution in [0.25, 0.3) is 11.1 Å². The van der Waals surface area contributed by atoms with Crippen molar-refractivity contribution in [3.05, 3.63) is 60.2 Å². The SMILES string of the molecule is CNC(C)(C)c1ccccc1-c1ccccc1. The van der Waals surface area contributed by atoms with Crippen LogP contribution in [0.3, 0.4) is 0 Å². The minimum absolute atomic E-state index is 0.0214. The zero-order valence-corrected chi connectivity index (χ0v) is 10.7. The Morgan fingerprint density at radius 2 is 1.41 bits per heavy atom. The van der Waals surface area contributed by atoms with Gasteiger partial charge in [0.2, 0.25) is 0 Å². The van der Waals surface area contributed by atoms with Crippen LogP contribution in [0, 0.1) is 0 Å². The summed E-state index contributed by atoms with van der Waals surface area (Å²) in [5.74, 6) is 0. The van der Waals surface area contributed by atoms with Gasteiger partial charge in [-0.15, -0.1) is 0 Å². The molecule has 1 nitrogen and oxygen atoms in total. The van der Waals surface area contributed by atoms with Gasteiger partial charge in [0.15, 0.2) is 0 Å². The third-order valence-electron chi connectivity index (χ3n) is 3.31. The van der Waals surface area contributed by atoms with Gasteiger partial charge in [-0.2, -0.15) is 0 Å². The lowest BCUT2D eigenvalue weighted by Gasteiger charge is -2.27. The van der Waals surface area contributed by atoms with Gasteiger partial charge in [-0.25, -0.2) is 0 Å². The summed E-state index contributed by atoms with van der Waals surface area (Å²) in [6.45, 7) is 4.41. The van der Waals surface area contributed by atoms with Gasteiger partial charge in [0, 0.05) is 5.54 Å². The maximum atomic E-state index is 3.37. The van der Waals surface area contributed by atoms with Gasteiger partial charge in [-0.05, 0) is 37.6 Å². The van der Waals surface area contributed by atoms with Gasteiger partial charge >= 0.3 is 0 Å². The van der Waals surface area contributed by atoms with Crippen molar-refractivity contribution in [2.24, 2.45) is 0 Å². The van der Waals surface area contributed by atoms with Crippen molar-refractivity contribution in [1.82, 2.24) is 5.32 Å². The fourth-order valence-corrected chi connectivity index (χ4v) is 2.03. The molecule has 0 heterocycles. The molecule has 0 saturated heterocycles. The Morgan fingerprint density at radius 3 is 2.06 bits per heavy atom. The summed E-state index contributed by atoms with van der Waals surface area (Å²) >= 11 is 0. The average molecular weight is 225 g/mol. The molecule has 1 N–H and O–H groups in total. The van der Waals surface area contributed by atoms with E-state index in [1.165, 1.54) is 16.7 Å². The highest BCUT2D eigenvalue weighted by atomic mass is 14.9. The molecule has 0 saturated carbocycles. The fourth-order valence-electron chi connectivity index (χ4n) is 2.03. The minimum atomic E-state index is -0.0214. The summed E-state index contributed by atoms with van der Waals surface area (Å²) in [4.78, 5) is 0. The zero-order valence-electron chi connectivity index (χ0n) is 10.7. The molecule has 0 aliphatic heterocycles. The molecule has 2 rings (SSSR count). The van der Waals surface area contributed by atoms with E-state index in [2.05, 4.69) is 73.8 Å². The lowest BCUT2D eigenvalue weighted by molar-refractivity contribution is 0.446. The predicted octanol–water partition coefficient (Wildman–Crippen LogP) is 3.81. The van der Waals surface area contributed by atoms with Crippen LogP contribution in [0.4, 0.5) is 0 Å². The average Bonchev–Trinajstić information content (AvgIpc) is 2.40. The second kappa shape index (κ2) is 4.72. The Morgan fingerprint density at radius 1 is 0.824 bits per heavy atom. The molecule has 0 amide bonds. The smallest absolute Gasteiger partial charge is 0.0381 e. The van der Waals surface area contributed by atoms with Gasteiger partial charge in [0.05, 0.1) is 0 Å². The number of hydrogen-bond acceptors (Lipinski definition) is 1. The Labute approximate surface area is 103 Å². The lowest BCUT2D eigenvalue weighted by Crippen LogP contribution is -2.33. The van der Waals surface area contributed by atoms with Crippen LogP contribution in [-0.2, 0) is 5.54 Å². The molecule has 17 heavy (non-hydrogen) atoms. The van der Waals surface area contributed by atoms with E-state index < -0.39 is 0 Å². The second-order valence-electron chi connectivity index (χ2n) is 4.79. The summed E-state index contributed by atoms with van der Waals surface area (Å²) < 4.78 is 0. The predicted molar refractivity (Wildman–Crippen MR) is 74.0 cm³/mol. The number of rotatable bonds is 3. The van der Waals surface area contributed by atoms with E-state index in [0.29, 0.717) is 0 Å². The highest BCUT2D eigenvalue weighted by Gasteiger charge is 2.21. The number of benzene rings is 2. The first kappa shape index (κ1) is 11.9. The van der Waals surface area contributed by atoms with Crippen molar-refractivity contribution >= 4 is 0 Å². The van der Waals surface area contributed by atoms with Crippen molar-refractivity contribution in [3.63, 3.8) is 0 Å². The molecule has 0 radical (unpaired) electrons.